The molecule has 6 nitrogen and oxygen atoms in total. The van der Waals surface area contributed by atoms with Crippen LogP contribution in [-0.4, -0.2) is 15.7 Å². The summed E-state index contributed by atoms with van der Waals surface area (Å²) in [6.07, 6.45) is -0.158. The summed E-state index contributed by atoms with van der Waals surface area (Å²) >= 11 is 5.81. The first-order valence-electron chi connectivity index (χ1n) is 7.26. The van der Waals surface area contributed by atoms with Gasteiger partial charge in [0.05, 0.1) is 18.4 Å². The Kier molecular flexibility index (Phi) is 4.45. The second-order valence-electron chi connectivity index (χ2n) is 5.41. The monoisotopic (exact) mass is 333 g/mol. The predicted molar refractivity (Wildman–Crippen MR) is 85.0 cm³/mol. The molecule has 1 N–H and O–H groups in total. The van der Waals surface area contributed by atoms with Gasteiger partial charge in [-0.1, -0.05) is 23.7 Å². The van der Waals surface area contributed by atoms with Crippen LogP contribution in [0.3, 0.4) is 0 Å². The molecule has 0 spiro atoms. The second-order valence-corrected chi connectivity index (χ2v) is 5.84. The Morgan fingerprint density at radius 1 is 1.43 bits per heavy atom. The zero-order chi connectivity index (χ0) is 16.4. The molecule has 1 aromatic carbocycles. The maximum absolute atomic E-state index is 12.0. The minimum atomic E-state index is -0.303. The van der Waals surface area contributed by atoms with E-state index in [2.05, 4.69) is 10.4 Å². The van der Waals surface area contributed by atoms with Crippen molar-refractivity contribution in [3.8, 4) is 0 Å². The van der Waals surface area contributed by atoms with Gasteiger partial charge in [-0.3, -0.25) is 9.59 Å². The highest BCUT2D eigenvalue weighted by Gasteiger charge is 2.23. The van der Waals surface area contributed by atoms with Crippen LogP contribution >= 0.6 is 11.6 Å². The van der Waals surface area contributed by atoms with Crippen LogP contribution in [0.1, 0.15) is 29.8 Å². The molecular formula is C16H16ClN3O3. The van der Waals surface area contributed by atoms with Gasteiger partial charge < -0.3 is 10.1 Å². The van der Waals surface area contributed by atoms with Gasteiger partial charge in [-0.2, -0.15) is 5.10 Å². The van der Waals surface area contributed by atoms with Crippen molar-refractivity contribution in [2.24, 2.45) is 0 Å². The molecule has 0 radical (unpaired) electrons. The molecule has 1 amide bonds. The normalized spacial score (nSPS) is 16.2. The van der Waals surface area contributed by atoms with Gasteiger partial charge in [0.25, 0.3) is 5.56 Å². The molecule has 0 aliphatic carbocycles. The first-order valence-corrected chi connectivity index (χ1v) is 7.64. The van der Waals surface area contributed by atoms with Gasteiger partial charge in [0.2, 0.25) is 5.91 Å². The minimum absolute atomic E-state index is 0.119. The van der Waals surface area contributed by atoms with Gasteiger partial charge in [0.15, 0.2) is 0 Å². The summed E-state index contributed by atoms with van der Waals surface area (Å²) in [5, 5.41) is 7.65. The summed E-state index contributed by atoms with van der Waals surface area (Å²) in [7, 11) is 0. The summed E-state index contributed by atoms with van der Waals surface area (Å²) in [4.78, 5) is 24.0. The zero-order valence-electron chi connectivity index (χ0n) is 12.6. The lowest BCUT2D eigenvalue weighted by atomic mass is 10.2. The van der Waals surface area contributed by atoms with E-state index in [0.29, 0.717) is 18.2 Å². The fourth-order valence-electron chi connectivity index (χ4n) is 2.40. The molecule has 0 saturated carbocycles. The number of fused-ring (bicyclic) bond motifs is 1. The molecule has 1 aliphatic heterocycles. The largest absolute Gasteiger partial charge is 0.367 e. The molecule has 120 valence electrons. The molecule has 2 heterocycles. The van der Waals surface area contributed by atoms with Crippen LogP contribution in [0.2, 0.25) is 5.02 Å². The van der Waals surface area contributed by atoms with E-state index in [1.54, 1.807) is 12.1 Å². The first-order chi connectivity index (χ1) is 11.0. The molecule has 1 aliphatic rings. The lowest BCUT2D eigenvalue weighted by molar-refractivity contribution is -0.122. The molecule has 0 fully saturated rings. The molecule has 7 heteroatoms. The SMILES string of the molecule is C[C@@H]1OCc2cc(=O)n(CC(=O)NCc3ccc(Cl)cc3)nc21. The topological polar surface area (TPSA) is 73.2 Å². The minimum Gasteiger partial charge on any atom is -0.367 e. The van der Waals surface area contributed by atoms with Gasteiger partial charge in [-0.25, -0.2) is 4.68 Å². The van der Waals surface area contributed by atoms with E-state index >= 15 is 0 Å². The van der Waals surface area contributed by atoms with Crippen molar-refractivity contribution < 1.29 is 9.53 Å². The number of benzene rings is 1. The number of amides is 1. The Hall–Kier alpha value is -2.18. The Balaban J connectivity index is 1.65. The van der Waals surface area contributed by atoms with E-state index in [4.69, 9.17) is 16.3 Å². The van der Waals surface area contributed by atoms with Crippen LogP contribution in [-0.2, 0) is 29.2 Å². The fourth-order valence-corrected chi connectivity index (χ4v) is 2.53. The van der Waals surface area contributed by atoms with Crippen LogP contribution in [0.15, 0.2) is 35.1 Å². The number of rotatable bonds is 4. The highest BCUT2D eigenvalue weighted by molar-refractivity contribution is 6.30. The van der Waals surface area contributed by atoms with Crippen molar-refractivity contribution in [3.05, 3.63) is 62.5 Å². The molecule has 3 rings (SSSR count). The molecule has 0 bridgehead atoms. The lowest BCUT2D eigenvalue weighted by Crippen LogP contribution is -2.33. The number of nitrogens with one attached hydrogen (secondary N) is 1. The van der Waals surface area contributed by atoms with Crippen molar-refractivity contribution in [1.82, 2.24) is 15.1 Å². The van der Waals surface area contributed by atoms with Crippen LogP contribution in [0.4, 0.5) is 0 Å². The van der Waals surface area contributed by atoms with E-state index in [1.165, 1.54) is 10.7 Å². The van der Waals surface area contributed by atoms with Gasteiger partial charge in [0, 0.05) is 23.2 Å². The number of carbonyl (C=O) groups excluding carboxylic acids is 1. The van der Waals surface area contributed by atoms with E-state index in [0.717, 1.165) is 16.8 Å². The smallest absolute Gasteiger partial charge is 0.267 e. The molecule has 0 saturated heterocycles. The highest BCUT2D eigenvalue weighted by atomic mass is 35.5. The van der Waals surface area contributed by atoms with Crippen molar-refractivity contribution in [2.75, 3.05) is 0 Å². The number of aromatic nitrogens is 2. The van der Waals surface area contributed by atoms with E-state index in [9.17, 15) is 9.59 Å². The van der Waals surface area contributed by atoms with E-state index < -0.39 is 0 Å². The number of ether oxygens (including phenoxy) is 1. The Labute approximate surface area is 138 Å². The van der Waals surface area contributed by atoms with Gasteiger partial charge in [0.1, 0.15) is 6.54 Å². The summed E-state index contributed by atoms with van der Waals surface area (Å²) in [5.74, 6) is -0.277. The Morgan fingerprint density at radius 3 is 2.91 bits per heavy atom. The Bertz CT molecular complexity index is 786. The molecular weight excluding hydrogens is 318 g/mol. The van der Waals surface area contributed by atoms with Crippen LogP contribution < -0.4 is 10.9 Å². The van der Waals surface area contributed by atoms with Gasteiger partial charge >= 0.3 is 0 Å². The molecule has 0 unspecified atom stereocenters. The third-order valence-electron chi connectivity index (χ3n) is 3.68. The lowest BCUT2D eigenvalue weighted by Gasteiger charge is -2.09. The number of halogens is 1. The van der Waals surface area contributed by atoms with Crippen molar-refractivity contribution in [2.45, 2.75) is 32.7 Å². The summed E-state index contributed by atoms with van der Waals surface area (Å²) in [6.45, 7) is 2.51. The standard InChI is InChI=1S/C16H16ClN3O3/c1-10-16-12(9-23-10)6-15(22)20(19-16)8-14(21)18-7-11-2-4-13(17)5-3-11/h2-6,10H,7-9H2,1H3,(H,18,21)/t10-/m0/s1. The molecule has 1 atom stereocenters. The van der Waals surface area contributed by atoms with E-state index in [-0.39, 0.29) is 24.1 Å². The van der Waals surface area contributed by atoms with E-state index in [1.807, 2.05) is 19.1 Å². The second kappa shape index (κ2) is 6.52. The average molecular weight is 334 g/mol. The average Bonchev–Trinajstić information content (AvgIpc) is 2.88. The number of nitrogens with zero attached hydrogens (tertiary/aromatic N) is 2. The molecule has 1 aromatic heterocycles. The third kappa shape index (κ3) is 3.60. The highest BCUT2D eigenvalue weighted by Crippen LogP contribution is 2.26. The summed E-state index contributed by atoms with van der Waals surface area (Å²) in [6, 6.07) is 8.68. The van der Waals surface area contributed by atoms with Crippen molar-refractivity contribution in [3.63, 3.8) is 0 Å². The van der Waals surface area contributed by atoms with Crippen molar-refractivity contribution in [1.29, 1.82) is 0 Å². The number of hydrogen-bond donors (Lipinski definition) is 1. The molecule has 2 aromatic rings. The maximum atomic E-state index is 12.0. The van der Waals surface area contributed by atoms with Crippen molar-refractivity contribution >= 4 is 17.5 Å². The van der Waals surface area contributed by atoms with Gasteiger partial charge in [-0.15, -0.1) is 0 Å². The number of hydrogen-bond acceptors (Lipinski definition) is 4. The summed E-state index contributed by atoms with van der Waals surface area (Å²) < 4.78 is 6.60. The zero-order valence-corrected chi connectivity index (χ0v) is 13.3. The van der Waals surface area contributed by atoms with Crippen LogP contribution in [0.25, 0.3) is 0 Å². The maximum Gasteiger partial charge on any atom is 0.267 e. The summed E-state index contributed by atoms with van der Waals surface area (Å²) in [5.41, 5.74) is 2.14. The quantitative estimate of drug-likeness (QED) is 0.926. The molecule has 23 heavy (non-hydrogen) atoms. The van der Waals surface area contributed by atoms with Crippen LogP contribution in [0.5, 0.6) is 0 Å². The number of carbonyl (C=O) groups is 1. The third-order valence-corrected chi connectivity index (χ3v) is 3.93. The predicted octanol–water partition coefficient (Wildman–Crippen LogP) is 1.80. The van der Waals surface area contributed by atoms with Gasteiger partial charge in [-0.05, 0) is 24.6 Å². The van der Waals surface area contributed by atoms with Crippen LogP contribution in [0, 0.1) is 0 Å². The Morgan fingerprint density at radius 2 is 2.17 bits per heavy atom. The first kappa shape index (κ1) is 15.7. The fraction of sp³-hybridized carbons (Fsp3) is 0.312.